The summed E-state index contributed by atoms with van der Waals surface area (Å²) >= 11 is 0. The van der Waals surface area contributed by atoms with E-state index in [9.17, 15) is 0 Å². The maximum absolute atomic E-state index is 3.49. The number of nitrogens with zero attached hydrogens (tertiary/aromatic N) is 1. The van der Waals surface area contributed by atoms with Crippen LogP contribution in [0.1, 0.15) is 33.6 Å². The second-order valence-electron chi connectivity index (χ2n) is 4.56. The quantitative estimate of drug-likeness (QED) is 0.687. The Labute approximate surface area is 76.3 Å². The number of nitrogens with one attached hydrogen (secondary N) is 1. The van der Waals surface area contributed by atoms with Crippen molar-refractivity contribution in [1.82, 2.24) is 10.2 Å². The van der Waals surface area contributed by atoms with E-state index in [0.717, 1.165) is 0 Å². The van der Waals surface area contributed by atoms with Crippen molar-refractivity contribution >= 4 is 0 Å². The zero-order valence-electron chi connectivity index (χ0n) is 8.85. The van der Waals surface area contributed by atoms with Crippen LogP contribution in [0, 0.1) is 0 Å². The molecule has 0 saturated carbocycles. The van der Waals surface area contributed by atoms with Crippen LogP contribution in [0.5, 0.6) is 0 Å². The molecule has 1 rings (SSSR count). The molecule has 0 aromatic heterocycles. The van der Waals surface area contributed by atoms with Gasteiger partial charge in [-0.15, -0.1) is 0 Å². The normalized spacial score (nSPS) is 29.5. The highest BCUT2D eigenvalue weighted by molar-refractivity contribution is 4.92. The van der Waals surface area contributed by atoms with Crippen LogP contribution >= 0.6 is 0 Å². The van der Waals surface area contributed by atoms with Crippen molar-refractivity contribution in [2.75, 3.05) is 20.1 Å². The smallest absolute Gasteiger partial charge is 0.0177 e. The van der Waals surface area contributed by atoms with E-state index in [1.54, 1.807) is 0 Å². The van der Waals surface area contributed by atoms with Gasteiger partial charge in [0.2, 0.25) is 0 Å². The first-order valence-corrected chi connectivity index (χ1v) is 4.99. The summed E-state index contributed by atoms with van der Waals surface area (Å²) in [5.41, 5.74) is 0.448. The lowest BCUT2D eigenvalue weighted by Crippen LogP contribution is -2.55. The first-order chi connectivity index (χ1) is 5.53. The molecule has 1 aliphatic heterocycles. The van der Waals surface area contributed by atoms with Crippen molar-refractivity contribution in [2.45, 2.75) is 45.2 Å². The van der Waals surface area contributed by atoms with E-state index in [0.29, 0.717) is 11.6 Å². The highest BCUT2D eigenvalue weighted by Crippen LogP contribution is 2.22. The van der Waals surface area contributed by atoms with Gasteiger partial charge in [-0.1, -0.05) is 0 Å². The fourth-order valence-electron chi connectivity index (χ4n) is 1.45. The van der Waals surface area contributed by atoms with Crippen LogP contribution in [0.2, 0.25) is 0 Å². The Morgan fingerprint density at radius 2 is 2.08 bits per heavy atom. The Kier molecular flexibility index (Phi) is 3.13. The Hall–Kier alpha value is -0.0800. The van der Waals surface area contributed by atoms with Crippen LogP contribution < -0.4 is 5.32 Å². The fourth-order valence-corrected chi connectivity index (χ4v) is 1.45. The van der Waals surface area contributed by atoms with Gasteiger partial charge in [0.05, 0.1) is 0 Å². The SMILES string of the molecule is CC(C)N(C)CCC1(C)CCN1. The predicted octanol–water partition coefficient (Wildman–Crippen LogP) is 1.47. The molecule has 1 saturated heterocycles. The van der Waals surface area contributed by atoms with Crippen molar-refractivity contribution in [3.63, 3.8) is 0 Å². The van der Waals surface area contributed by atoms with E-state index in [1.807, 2.05) is 0 Å². The monoisotopic (exact) mass is 170 g/mol. The van der Waals surface area contributed by atoms with Crippen LogP contribution in [-0.2, 0) is 0 Å². The largest absolute Gasteiger partial charge is 0.311 e. The average Bonchev–Trinajstić information content (AvgIpc) is 1.96. The molecule has 1 fully saturated rings. The lowest BCUT2D eigenvalue weighted by molar-refractivity contribution is 0.171. The molecule has 1 aliphatic rings. The van der Waals surface area contributed by atoms with Crippen molar-refractivity contribution in [3.05, 3.63) is 0 Å². The molecule has 0 radical (unpaired) electrons. The summed E-state index contributed by atoms with van der Waals surface area (Å²) in [6.45, 7) is 9.24. The molecule has 72 valence electrons. The fraction of sp³-hybridized carbons (Fsp3) is 1.00. The van der Waals surface area contributed by atoms with Gasteiger partial charge in [-0.25, -0.2) is 0 Å². The molecule has 0 aromatic carbocycles. The second-order valence-corrected chi connectivity index (χ2v) is 4.56. The molecule has 1 N–H and O–H groups in total. The van der Waals surface area contributed by atoms with Gasteiger partial charge in [0.15, 0.2) is 0 Å². The molecule has 1 atom stereocenters. The molecule has 2 heteroatoms. The first-order valence-electron chi connectivity index (χ1n) is 4.99. The summed E-state index contributed by atoms with van der Waals surface area (Å²) in [5, 5.41) is 3.49. The molecule has 0 amide bonds. The summed E-state index contributed by atoms with van der Waals surface area (Å²) in [7, 11) is 2.20. The van der Waals surface area contributed by atoms with Crippen LogP contribution in [0.25, 0.3) is 0 Å². The zero-order chi connectivity index (χ0) is 9.19. The third-order valence-electron chi connectivity index (χ3n) is 3.13. The van der Waals surface area contributed by atoms with E-state index in [1.165, 1.54) is 25.9 Å². The zero-order valence-corrected chi connectivity index (χ0v) is 8.85. The Bertz CT molecular complexity index is 139. The molecule has 0 bridgehead atoms. The molecule has 0 aliphatic carbocycles. The summed E-state index contributed by atoms with van der Waals surface area (Å²) < 4.78 is 0. The van der Waals surface area contributed by atoms with E-state index in [2.05, 4.69) is 38.0 Å². The Morgan fingerprint density at radius 3 is 2.42 bits per heavy atom. The lowest BCUT2D eigenvalue weighted by atomic mass is 9.86. The van der Waals surface area contributed by atoms with Crippen molar-refractivity contribution in [1.29, 1.82) is 0 Å². The summed E-state index contributed by atoms with van der Waals surface area (Å²) in [6.07, 6.45) is 2.63. The van der Waals surface area contributed by atoms with Gasteiger partial charge in [-0.05, 0) is 53.8 Å². The van der Waals surface area contributed by atoms with E-state index >= 15 is 0 Å². The molecule has 0 aromatic rings. The molecule has 2 nitrogen and oxygen atoms in total. The van der Waals surface area contributed by atoms with Gasteiger partial charge >= 0.3 is 0 Å². The minimum atomic E-state index is 0.448. The molecule has 1 heterocycles. The molecular weight excluding hydrogens is 148 g/mol. The minimum absolute atomic E-state index is 0.448. The van der Waals surface area contributed by atoms with Gasteiger partial charge in [-0.2, -0.15) is 0 Å². The molecule has 1 unspecified atom stereocenters. The predicted molar refractivity (Wildman–Crippen MR) is 53.4 cm³/mol. The maximum Gasteiger partial charge on any atom is 0.0177 e. The highest BCUT2D eigenvalue weighted by atomic mass is 15.1. The summed E-state index contributed by atoms with van der Waals surface area (Å²) in [6, 6.07) is 0.675. The topological polar surface area (TPSA) is 15.3 Å². The first kappa shape index (κ1) is 10.0. The van der Waals surface area contributed by atoms with Crippen molar-refractivity contribution in [3.8, 4) is 0 Å². The lowest BCUT2D eigenvalue weighted by Gasteiger charge is -2.41. The van der Waals surface area contributed by atoms with Crippen LogP contribution in [-0.4, -0.2) is 36.6 Å². The third-order valence-corrected chi connectivity index (χ3v) is 3.13. The van der Waals surface area contributed by atoms with Crippen molar-refractivity contribution < 1.29 is 0 Å². The van der Waals surface area contributed by atoms with E-state index in [4.69, 9.17) is 0 Å². The standard InChI is InChI=1S/C10H22N2/c1-9(2)12(4)8-6-10(3)5-7-11-10/h9,11H,5-8H2,1-4H3. The van der Waals surface area contributed by atoms with Crippen LogP contribution in [0.4, 0.5) is 0 Å². The number of rotatable bonds is 4. The van der Waals surface area contributed by atoms with Gasteiger partial charge in [0.1, 0.15) is 0 Å². The summed E-state index contributed by atoms with van der Waals surface area (Å²) in [5.74, 6) is 0. The Morgan fingerprint density at radius 1 is 1.50 bits per heavy atom. The number of hydrogen-bond acceptors (Lipinski definition) is 2. The molecule has 12 heavy (non-hydrogen) atoms. The molecular formula is C10H22N2. The Balaban J connectivity index is 2.16. The summed E-state index contributed by atoms with van der Waals surface area (Å²) in [4.78, 5) is 2.41. The van der Waals surface area contributed by atoms with E-state index < -0.39 is 0 Å². The van der Waals surface area contributed by atoms with Gasteiger partial charge in [0.25, 0.3) is 0 Å². The second kappa shape index (κ2) is 3.75. The van der Waals surface area contributed by atoms with Crippen LogP contribution in [0.3, 0.4) is 0 Å². The van der Waals surface area contributed by atoms with Gasteiger partial charge in [-0.3, -0.25) is 0 Å². The third kappa shape index (κ3) is 2.46. The van der Waals surface area contributed by atoms with Crippen molar-refractivity contribution in [2.24, 2.45) is 0 Å². The molecule has 0 spiro atoms. The average molecular weight is 170 g/mol. The maximum atomic E-state index is 3.49. The van der Waals surface area contributed by atoms with Crippen LogP contribution in [0.15, 0.2) is 0 Å². The van der Waals surface area contributed by atoms with Gasteiger partial charge < -0.3 is 10.2 Å². The minimum Gasteiger partial charge on any atom is -0.311 e. The van der Waals surface area contributed by atoms with E-state index in [-0.39, 0.29) is 0 Å². The highest BCUT2D eigenvalue weighted by Gasteiger charge is 2.30. The van der Waals surface area contributed by atoms with Gasteiger partial charge in [0, 0.05) is 11.6 Å². The number of hydrogen-bond donors (Lipinski definition) is 1.